The number of carbonyl (C=O) groups is 1. The Bertz CT molecular complexity index is 1720. The van der Waals surface area contributed by atoms with E-state index < -0.39 is 0 Å². The zero-order chi connectivity index (χ0) is 30.1. The van der Waals surface area contributed by atoms with Crippen molar-refractivity contribution in [1.29, 1.82) is 0 Å². The lowest BCUT2D eigenvalue weighted by Gasteiger charge is -2.15. The van der Waals surface area contributed by atoms with Gasteiger partial charge in [-0.3, -0.25) is 4.79 Å². The van der Waals surface area contributed by atoms with Crippen molar-refractivity contribution in [3.63, 3.8) is 0 Å². The average molecular weight is 837 g/mol. The third kappa shape index (κ3) is 6.77. The minimum atomic E-state index is 0. The fourth-order valence-corrected chi connectivity index (χ4v) is 7.70. The van der Waals surface area contributed by atoms with Gasteiger partial charge in [0.2, 0.25) is 0 Å². The van der Waals surface area contributed by atoms with Crippen LogP contribution in [0.25, 0.3) is 22.3 Å². The highest BCUT2D eigenvalue weighted by Gasteiger charge is 2.30. The summed E-state index contributed by atoms with van der Waals surface area (Å²) in [5, 5.41) is 0. The topological polar surface area (TPSA) is 17.1 Å². The number of halogens is 4. The monoisotopic (exact) mass is 833 g/mol. The summed E-state index contributed by atoms with van der Waals surface area (Å²) in [5.41, 5.74) is 11.9. The predicted octanol–water partition coefficient (Wildman–Crippen LogP) is 13.4. The summed E-state index contributed by atoms with van der Waals surface area (Å²) < 4.78 is 4.16. The van der Waals surface area contributed by atoms with E-state index in [0.717, 1.165) is 40.1 Å². The number of benzene rings is 5. The first-order valence-electron chi connectivity index (χ1n) is 14.7. The molecule has 2 aliphatic rings. The Hall–Kier alpha value is -2.31. The van der Waals surface area contributed by atoms with Gasteiger partial charge in [-0.05, 0) is 106 Å². The third-order valence-electron chi connectivity index (χ3n) is 8.31. The van der Waals surface area contributed by atoms with Crippen molar-refractivity contribution in [2.75, 3.05) is 0 Å². The van der Waals surface area contributed by atoms with Crippen LogP contribution in [-0.2, 0) is 6.42 Å². The number of hydrogen-bond donors (Lipinski definition) is 0. The fourth-order valence-electron chi connectivity index (χ4n) is 6.22. The van der Waals surface area contributed by atoms with Gasteiger partial charge in [-0.15, -0.1) is 0 Å². The molecule has 0 bridgehead atoms. The first-order chi connectivity index (χ1) is 20.8. The molecule has 0 atom stereocenters. The summed E-state index contributed by atoms with van der Waals surface area (Å²) in [6.07, 6.45) is 6.46. The van der Waals surface area contributed by atoms with Crippen LogP contribution >= 0.6 is 63.7 Å². The van der Waals surface area contributed by atoms with Crippen LogP contribution in [0.2, 0.25) is 0 Å². The van der Waals surface area contributed by atoms with Gasteiger partial charge in [0.1, 0.15) is 0 Å². The van der Waals surface area contributed by atoms with E-state index in [9.17, 15) is 4.79 Å². The molecule has 0 N–H and O–H groups in total. The first-order valence-corrected chi connectivity index (χ1v) is 17.8. The second-order valence-corrected chi connectivity index (χ2v) is 14.8. The molecular formula is C39H33Br4O-. The number of aryl methyl sites for hydroxylation is 1. The van der Waals surface area contributed by atoms with E-state index in [1.54, 1.807) is 0 Å². The molecule has 5 heteroatoms. The standard InChI is InChI=1S/C25H24Br2.C13H6Br2O.CH3/c1-2-3-4-5-6-17-7-9-18(10-8-17)25-23-15-19(26)11-13-21(23)22-14-12-20(27)16-24(22)25;14-7-1-3-9-10-4-2-8(15)6-12(10)13(16)11(9)5-7;/h7-16,25H,2-6H2,1H3;1-6H;1H3/q;;-1. The second-order valence-electron chi connectivity index (χ2n) is 11.2. The normalized spacial score (nSPS) is 12.4. The van der Waals surface area contributed by atoms with Gasteiger partial charge in [0.15, 0.2) is 5.78 Å². The first kappa shape index (κ1) is 33.1. The van der Waals surface area contributed by atoms with Gasteiger partial charge in [0.05, 0.1) is 0 Å². The van der Waals surface area contributed by atoms with Gasteiger partial charge in [-0.25, -0.2) is 0 Å². The molecule has 0 fully saturated rings. The van der Waals surface area contributed by atoms with Gasteiger partial charge >= 0.3 is 0 Å². The lowest BCUT2D eigenvalue weighted by Crippen LogP contribution is -2.00. The van der Waals surface area contributed by atoms with Crippen molar-refractivity contribution in [2.24, 2.45) is 0 Å². The van der Waals surface area contributed by atoms with Crippen LogP contribution in [0.15, 0.2) is 115 Å². The minimum Gasteiger partial charge on any atom is -0.358 e. The Morgan fingerprint density at radius 3 is 1.45 bits per heavy atom. The van der Waals surface area contributed by atoms with Crippen molar-refractivity contribution in [2.45, 2.75) is 44.9 Å². The van der Waals surface area contributed by atoms with Crippen LogP contribution in [0, 0.1) is 7.43 Å². The van der Waals surface area contributed by atoms with E-state index in [4.69, 9.17) is 0 Å². The maximum absolute atomic E-state index is 12.2. The van der Waals surface area contributed by atoms with E-state index >= 15 is 0 Å². The number of carbonyl (C=O) groups excluding carboxylic acids is 1. The summed E-state index contributed by atoms with van der Waals surface area (Å²) in [5.74, 6) is 0.409. The molecule has 44 heavy (non-hydrogen) atoms. The summed E-state index contributed by atoms with van der Waals surface area (Å²) in [4.78, 5) is 12.2. The van der Waals surface area contributed by atoms with E-state index in [1.807, 2.05) is 36.4 Å². The van der Waals surface area contributed by atoms with Crippen molar-refractivity contribution >= 4 is 69.5 Å². The molecule has 224 valence electrons. The Morgan fingerprint density at radius 2 is 0.977 bits per heavy atom. The maximum Gasteiger partial charge on any atom is 0.194 e. The largest absolute Gasteiger partial charge is 0.358 e. The second kappa shape index (κ2) is 14.4. The van der Waals surface area contributed by atoms with Crippen LogP contribution in [0.4, 0.5) is 0 Å². The Labute approximate surface area is 295 Å². The minimum absolute atomic E-state index is 0. The van der Waals surface area contributed by atoms with E-state index in [1.165, 1.54) is 65.5 Å². The highest BCUT2D eigenvalue weighted by atomic mass is 79.9. The molecule has 0 heterocycles. The molecule has 0 aromatic heterocycles. The van der Waals surface area contributed by atoms with Gasteiger partial charge in [-0.1, -0.05) is 138 Å². The molecule has 0 saturated carbocycles. The van der Waals surface area contributed by atoms with Gasteiger partial charge in [-0.2, -0.15) is 0 Å². The third-order valence-corrected chi connectivity index (χ3v) is 10.3. The lowest BCUT2D eigenvalue weighted by atomic mass is 9.88. The average Bonchev–Trinajstić information content (AvgIpc) is 3.46. The lowest BCUT2D eigenvalue weighted by molar-refractivity contribution is 0.104. The van der Waals surface area contributed by atoms with Crippen LogP contribution in [0.1, 0.15) is 76.7 Å². The van der Waals surface area contributed by atoms with Crippen LogP contribution < -0.4 is 0 Å². The van der Waals surface area contributed by atoms with Crippen molar-refractivity contribution < 1.29 is 4.79 Å². The smallest absolute Gasteiger partial charge is 0.194 e. The maximum atomic E-state index is 12.2. The molecule has 2 aliphatic carbocycles. The van der Waals surface area contributed by atoms with E-state index in [-0.39, 0.29) is 13.2 Å². The Balaban J connectivity index is 0.000000193. The van der Waals surface area contributed by atoms with Gasteiger partial charge < -0.3 is 7.43 Å². The molecule has 0 spiro atoms. The van der Waals surface area contributed by atoms with Crippen LogP contribution in [0.5, 0.6) is 0 Å². The van der Waals surface area contributed by atoms with Crippen LogP contribution in [-0.4, -0.2) is 5.78 Å². The molecule has 5 aromatic rings. The summed E-state index contributed by atoms with van der Waals surface area (Å²) in [6.45, 7) is 2.27. The summed E-state index contributed by atoms with van der Waals surface area (Å²) in [7, 11) is 0. The van der Waals surface area contributed by atoms with Crippen LogP contribution in [0.3, 0.4) is 0 Å². The molecular weight excluding hydrogens is 804 g/mol. The SMILES string of the molecule is CCCCCCc1ccc(C2c3cc(Br)ccc3-c3ccc(Br)cc32)cc1.O=C1c2cc(Br)ccc2-c2ccc(Br)cc21.[CH3-]. The molecule has 1 nitrogen and oxygen atoms in total. The number of unbranched alkanes of at least 4 members (excludes halogenated alkanes) is 3. The number of fused-ring (bicyclic) bond motifs is 6. The quantitative estimate of drug-likeness (QED) is 0.120. The van der Waals surface area contributed by atoms with E-state index in [2.05, 4.69) is 131 Å². The highest BCUT2D eigenvalue weighted by molar-refractivity contribution is 9.11. The molecule has 0 unspecified atom stereocenters. The summed E-state index contributed by atoms with van der Waals surface area (Å²) in [6, 6.07) is 34.3. The number of hydrogen-bond acceptors (Lipinski definition) is 1. The molecule has 0 aliphatic heterocycles. The fraction of sp³-hybridized carbons (Fsp3) is 0.179. The molecule has 5 aromatic carbocycles. The van der Waals surface area contributed by atoms with Crippen molar-refractivity contribution in [3.05, 3.63) is 156 Å². The van der Waals surface area contributed by atoms with E-state index in [0.29, 0.717) is 5.92 Å². The van der Waals surface area contributed by atoms with Gasteiger partial charge in [0, 0.05) is 34.9 Å². The zero-order valence-electron chi connectivity index (χ0n) is 24.8. The highest BCUT2D eigenvalue weighted by Crippen LogP contribution is 2.49. The molecule has 7 rings (SSSR count). The molecule has 0 amide bonds. The zero-order valence-corrected chi connectivity index (χ0v) is 31.1. The predicted molar refractivity (Wildman–Crippen MR) is 200 cm³/mol. The van der Waals surface area contributed by atoms with Crippen molar-refractivity contribution in [1.82, 2.24) is 0 Å². The van der Waals surface area contributed by atoms with Crippen molar-refractivity contribution in [3.8, 4) is 22.3 Å². The molecule has 0 saturated heterocycles. The molecule has 0 radical (unpaired) electrons. The Morgan fingerprint density at radius 1 is 0.523 bits per heavy atom. The Kier molecular flexibility index (Phi) is 10.8. The van der Waals surface area contributed by atoms with Gasteiger partial charge in [0.25, 0.3) is 0 Å². The number of rotatable bonds is 6. The summed E-state index contributed by atoms with van der Waals surface area (Å²) >= 11 is 14.1. The number of ketones is 1.